The van der Waals surface area contributed by atoms with Crippen molar-refractivity contribution in [3.05, 3.63) is 30.3 Å². The molecule has 186 valence electrons. The second-order valence-electron chi connectivity index (χ2n) is 5.47. The van der Waals surface area contributed by atoms with Gasteiger partial charge in [0, 0.05) is 20.8 Å². The van der Waals surface area contributed by atoms with E-state index in [0.29, 0.717) is 38.8 Å². The van der Waals surface area contributed by atoms with E-state index in [1.54, 1.807) is 12.1 Å². The molecule has 1 aromatic carbocycles. The maximum atomic E-state index is 9.57. The number of ether oxygens (including phenoxy) is 4. The van der Waals surface area contributed by atoms with E-state index in [1.165, 1.54) is 0 Å². The largest absolute Gasteiger partial charge is 0.481 e. The summed E-state index contributed by atoms with van der Waals surface area (Å²) in [6.07, 6.45) is -0.995. The van der Waals surface area contributed by atoms with Crippen LogP contribution < -0.4 is 4.74 Å². The van der Waals surface area contributed by atoms with Gasteiger partial charge < -0.3 is 44.5 Å². The molecular formula is C20H34O12. The Morgan fingerprint density at radius 3 is 1.53 bits per heavy atom. The van der Waals surface area contributed by atoms with Gasteiger partial charge in [0.15, 0.2) is 0 Å². The van der Waals surface area contributed by atoms with Crippen LogP contribution >= 0.6 is 0 Å². The van der Waals surface area contributed by atoms with Crippen LogP contribution in [0.3, 0.4) is 0 Å². The van der Waals surface area contributed by atoms with Gasteiger partial charge in [-0.1, -0.05) is 18.2 Å². The maximum absolute atomic E-state index is 9.57. The van der Waals surface area contributed by atoms with E-state index in [9.17, 15) is 5.11 Å². The molecule has 0 aliphatic heterocycles. The van der Waals surface area contributed by atoms with Crippen molar-refractivity contribution in [3.63, 3.8) is 0 Å². The summed E-state index contributed by atoms with van der Waals surface area (Å²) in [7, 11) is 0. The average molecular weight is 466 g/mol. The molecule has 0 amide bonds. The number of aliphatic carboxylic acids is 3. The van der Waals surface area contributed by atoms with Gasteiger partial charge in [0.05, 0.1) is 39.6 Å². The molecule has 0 saturated heterocycles. The number of aliphatic hydroxyl groups is 2. The van der Waals surface area contributed by atoms with Crippen molar-refractivity contribution in [2.75, 3.05) is 46.2 Å². The minimum atomic E-state index is -0.995. The highest BCUT2D eigenvalue weighted by atomic mass is 16.6. The third-order valence-electron chi connectivity index (χ3n) is 2.26. The lowest BCUT2D eigenvalue weighted by atomic mass is 10.3. The van der Waals surface area contributed by atoms with E-state index in [-0.39, 0.29) is 13.2 Å². The van der Waals surface area contributed by atoms with Crippen molar-refractivity contribution >= 4 is 17.9 Å². The number of para-hydroxylation sites is 1. The van der Waals surface area contributed by atoms with Crippen molar-refractivity contribution in [2.24, 2.45) is 0 Å². The van der Waals surface area contributed by atoms with Crippen molar-refractivity contribution in [1.82, 2.24) is 0 Å². The van der Waals surface area contributed by atoms with Crippen LogP contribution in [0.15, 0.2) is 30.3 Å². The number of carbonyl (C=O) groups is 3. The maximum Gasteiger partial charge on any atom is 0.300 e. The Bertz CT molecular complexity index is 524. The number of benzene rings is 1. The molecule has 1 atom stereocenters. The third-order valence-corrected chi connectivity index (χ3v) is 2.26. The Kier molecular flexibility index (Phi) is 27.8. The van der Waals surface area contributed by atoms with Crippen molar-refractivity contribution < 1.29 is 58.9 Å². The zero-order chi connectivity index (χ0) is 25.2. The Labute approximate surface area is 186 Å². The molecule has 0 saturated carbocycles. The normalized spacial score (nSPS) is 10.0. The Morgan fingerprint density at radius 1 is 0.750 bits per heavy atom. The summed E-state index contributed by atoms with van der Waals surface area (Å²) in [6.45, 7) is 5.35. The van der Waals surface area contributed by atoms with E-state index < -0.39 is 24.2 Å². The molecule has 12 heteroatoms. The zero-order valence-corrected chi connectivity index (χ0v) is 18.5. The summed E-state index contributed by atoms with van der Waals surface area (Å²) in [6, 6.07) is 9.06. The van der Waals surface area contributed by atoms with Crippen LogP contribution in [-0.2, 0) is 28.6 Å². The van der Waals surface area contributed by atoms with Crippen molar-refractivity contribution in [3.8, 4) is 5.75 Å². The molecule has 5 N–H and O–H groups in total. The van der Waals surface area contributed by atoms with Gasteiger partial charge in [0.2, 0.25) is 6.29 Å². The summed E-state index contributed by atoms with van der Waals surface area (Å²) in [5, 5.41) is 40.3. The van der Waals surface area contributed by atoms with Crippen LogP contribution in [0.1, 0.15) is 20.8 Å². The third kappa shape index (κ3) is 45.8. The van der Waals surface area contributed by atoms with Crippen LogP contribution in [0, 0.1) is 0 Å². The molecule has 1 aromatic rings. The summed E-state index contributed by atoms with van der Waals surface area (Å²) >= 11 is 0. The van der Waals surface area contributed by atoms with Crippen LogP contribution in [0.5, 0.6) is 5.75 Å². The van der Waals surface area contributed by atoms with Gasteiger partial charge in [0.1, 0.15) is 12.4 Å². The summed E-state index contributed by atoms with van der Waals surface area (Å²) < 4.78 is 20.7. The number of rotatable bonds is 12. The standard InChI is InChI=1S/C14H22O6.3C2H4O2/c15-6-7-17-8-9-18-10-11-19-12-14(16)20-13-4-2-1-3-5-13;3*1-2(3)4/h1-5,14-16H,6-12H2;3*1H3,(H,3,4). The summed E-state index contributed by atoms with van der Waals surface area (Å²) in [4.78, 5) is 27.0. The molecule has 0 bridgehead atoms. The van der Waals surface area contributed by atoms with Gasteiger partial charge in [-0.05, 0) is 12.1 Å². The Hall–Kier alpha value is -2.77. The summed E-state index contributed by atoms with van der Waals surface area (Å²) in [5.74, 6) is -1.90. The first kappa shape index (κ1) is 33.9. The van der Waals surface area contributed by atoms with Gasteiger partial charge in [-0.15, -0.1) is 0 Å². The highest BCUT2D eigenvalue weighted by Crippen LogP contribution is 2.09. The number of carboxylic acids is 3. The summed E-state index contributed by atoms with van der Waals surface area (Å²) in [5.41, 5.74) is 0. The fourth-order valence-corrected chi connectivity index (χ4v) is 1.38. The molecule has 0 spiro atoms. The van der Waals surface area contributed by atoms with Crippen LogP contribution in [0.25, 0.3) is 0 Å². The molecule has 1 rings (SSSR count). The average Bonchev–Trinajstić information content (AvgIpc) is 2.66. The van der Waals surface area contributed by atoms with E-state index in [2.05, 4.69) is 0 Å². The fraction of sp³-hybridized carbons (Fsp3) is 0.550. The Morgan fingerprint density at radius 2 is 1.12 bits per heavy atom. The SMILES string of the molecule is CC(=O)O.CC(=O)O.CC(=O)O.OCCOCCOCCOCC(O)Oc1ccccc1. The number of aliphatic hydroxyl groups excluding tert-OH is 2. The lowest BCUT2D eigenvalue weighted by Crippen LogP contribution is -2.23. The van der Waals surface area contributed by atoms with Crippen molar-refractivity contribution in [2.45, 2.75) is 27.1 Å². The molecule has 0 heterocycles. The number of hydrogen-bond donors (Lipinski definition) is 5. The molecule has 0 aromatic heterocycles. The van der Waals surface area contributed by atoms with Gasteiger partial charge >= 0.3 is 0 Å². The quantitative estimate of drug-likeness (QED) is 0.214. The predicted octanol–water partition coefficient (Wildman–Crippen LogP) is 0.699. The molecule has 32 heavy (non-hydrogen) atoms. The first-order valence-electron chi connectivity index (χ1n) is 9.35. The molecule has 12 nitrogen and oxygen atoms in total. The second kappa shape index (κ2) is 26.3. The van der Waals surface area contributed by atoms with E-state index in [4.69, 9.17) is 53.8 Å². The minimum absolute atomic E-state index is 0.0163. The van der Waals surface area contributed by atoms with E-state index in [1.807, 2.05) is 18.2 Å². The molecule has 0 aliphatic carbocycles. The topological polar surface area (TPSA) is 189 Å². The van der Waals surface area contributed by atoms with Gasteiger partial charge in [-0.25, -0.2) is 0 Å². The zero-order valence-electron chi connectivity index (χ0n) is 18.5. The predicted molar refractivity (Wildman–Crippen MR) is 113 cm³/mol. The Balaban J connectivity index is -0.000000577. The monoisotopic (exact) mass is 466 g/mol. The van der Waals surface area contributed by atoms with Crippen LogP contribution in [0.4, 0.5) is 0 Å². The first-order chi connectivity index (χ1) is 15.0. The minimum Gasteiger partial charge on any atom is -0.481 e. The van der Waals surface area contributed by atoms with Crippen molar-refractivity contribution in [1.29, 1.82) is 0 Å². The second-order valence-corrected chi connectivity index (χ2v) is 5.47. The fourth-order valence-electron chi connectivity index (χ4n) is 1.38. The molecule has 0 radical (unpaired) electrons. The van der Waals surface area contributed by atoms with Gasteiger partial charge in [0.25, 0.3) is 17.9 Å². The lowest BCUT2D eigenvalue weighted by Gasteiger charge is -2.13. The highest BCUT2D eigenvalue weighted by Gasteiger charge is 2.05. The lowest BCUT2D eigenvalue weighted by molar-refractivity contribution is -0.135. The first-order valence-corrected chi connectivity index (χ1v) is 9.35. The van der Waals surface area contributed by atoms with Gasteiger partial charge in [-0.2, -0.15) is 0 Å². The highest BCUT2D eigenvalue weighted by molar-refractivity contribution is 5.63. The van der Waals surface area contributed by atoms with Crippen LogP contribution in [-0.4, -0.2) is 96.0 Å². The van der Waals surface area contributed by atoms with Crippen LogP contribution in [0.2, 0.25) is 0 Å². The molecule has 0 fully saturated rings. The smallest absolute Gasteiger partial charge is 0.300 e. The van der Waals surface area contributed by atoms with Gasteiger partial charge in [-0.3, -0.25) is 14.4 Å². The van der Waals surface area contributed by atoms with E-state index >= 15 is 0 Å². The molecule has 0 aliphatic rings. The molecule has 1 unspecified atom stereocenters. The molecular weight excluding hydrogens is 432 g/mol. The number of carboxylic acid groups (broad SMARTS) is 3. The number of hydrogen-bond acceptors (Lipinski definition) is 9. The van der Waals surface area contributed by atoms with E-state index in [0.717, 1.165) is 20.8 Å².